The summed E-state index contributed by atoms with van der Waals surface area (Å²) >= 11 is 0. The standard InChI is InChI=1S/C17H19N3O7S/c1-4-27-15-7-5-12(9-14(15)20(21)22)11-18-19-28(23,24)13-6-8-16(25-2)17(10-13)26-3/h5-11,19H,4H2,1-3H3/b18-11+. The van der Waals surface area contributed by atoms with Crippen LogP contribution in [0, 0.1) is 10.1 Å². The zero-order valence-electron chi connectivity index (χ0n) is 15.4. The Labute approximate surface area is 161 Å². The van der Waals surface area contributed by atoms with Gasteiger partial charge in [0.2, 0.25) is 0 Å². The van der Waals surface area contributed by atoms with Gasteiger partial charge in [-0.15, -0.1) is 0 Å². The highest BCUT2D eigenvalue weighted by atomic mass is 32.2. The van der Waals surface area contributed by atoms with E-state index in [1.807, 2.05) is 4.83 Å². The number of nitro groups is 1. The molecular weight excluding hydrogens is 390 g/mol. The number of benzene rings is 2. The van der Waals surface area contributed by atoms with Crippen LogP contribution in [0.4, 0.5) is 5.69 Å². The first-order valence-corrected chi connectivity index (χ1v) is 9.48. The summed E-state index contributed by atoms with van der Waals surface area (Å²) in [6, 6.07) is 8.25. The van der Waals surface area contributed by atoms with Gasteiger partial charge >= 0.3 is 5.69 Å². The molecule has 0 saturated heterocycles. The van der Waals surface area contributed by atoms with E-state index in [1.54, 1.807) is 6.92 Å². The van der Waals surface area contributed by atoms with Crippen molar-refractivity contribution in [2.45, 2.75) is 11.8 Å². The van der Waals surface area contributed by atoms with Gasteiger partial charge in [0.1, 0.15) is 0 Å². The van der Waals surface area contributed by atoms with Gasteiger partial charge in [-0.2, -0.15) is 13.5 Å². The highest BCUT2D eigenvalue weighted by Crippen LogP contribution is 2.29. The molecule has 0 radical (unpaired) electrons. The van der Waals surface area contributed by atoms with Gasteiger partial charge in [-0.25, -0.2) is 4.83 Å². The van der Waals surface area contributed by atoms with Crippen molar-refractivity contribution >= 4 is 21.9 Å². The minimum absolute atomic E-state index is 0.0834. The second kappa shape index (κ2) is 9.04. The lowest BCUT2D eigenvalue weighted by atomic mass is 10.2. The van der Waals surface area contributed by atoms with E-state index in [2.05, 4.69) is 5.10 Å². The van der Waals surface area contributed by atoms with Crippen molar-refractivity contribution in [2.75, 3.05) is 20.8 Å². The van der Waals surface area contributed by atoms with E-state index < -0.39 is 14.9 Å². The molecule has 0 saturated carbocycles. The number of nitrogens with one attached hydrogen (secondary N) is 1. The van der Waals surface area contributed by atoms with E-state index in [0.717, 1.165) is 6.21 Å². The first-order valence-electron chi connectivity index (χ1n) is 8.00. The number of hydrazone groups is 1. The topological polar surface area (TPSA) is 129 Å². The number of sulfonamides is 1. The predicted octanol–water partition coefficient (Wildman–Crippen LogP) is 2.32. The second-order valence-corrected chi connectivity index (χ2v) is 6.95. The summed E-state index contributed by atoms with van der Waals surface area (Å²) in [7, 11) is -1.15. The number of hydrogen-bond donors (Lipinski definition) is 1. The summed E-state index contributed by atoms with van der Waals surface area (Å²) in [6.45, 7) is 1.99. The number of ether oxygens (including phenoxy) is 3. The van der Waals surface area contributed by atoms with Crippen molar-refractivity contribution in [3.8, 4) is 17.2 Å². The fraction of sp³-hybridized carbons (Fsp3) is 0.235. The van der Waals surface area contributed by atoms with Gasteiger partial charge in [0.25, 0.3) is 10.0 Å². The minimum Gasteiger partial charge on any atom is -0.493 e. The monoisotopic (exact) mass is 409 g/mol. The molecule has 0 aromatic heterocycles. The SMILES string of the molecule is CCOc1ccc(/C=N/NS(=O)(=O)c2ccc(OC)c(OC)c2)cc1[N+](=O)[O-]. The Morgan fingerprint density at radius 3 is 2.39 bits per heavy atom. The maximum atomic E-state index is 12.4. The van der Waals surface area contributed by atoms with E-state index >= 15 is 0 Å². The summed E-state index contributed by atoms with van der Waals surface area (Å²) in [4.78, 5) is 12.5. The molecule has 150 valence electrons. The van der Waals surface area contributed by atoms with Gasteiger partial charge in [-0.05, 0) is 31.2 Å². The second-order valence-electron chi connectivity index (χ2n) is 5.29. The molecular formula is C17H19N3O7S. The van der Waals surface area contributed by atoms with E-state index in [0.29, 0.717) is 11.3 Å². The van der Waals surface area contributed by atoms with Crippen LogP contribution in [0.5, 0.6) is 17.2 Å². The number of methoxy groups -OCH3 is 2. The molecule has 2 aromatic rings. The lowest BCUT2D eigenvalue weighted by Gasteiger charge is -2.09. The van der Waals surface area contributed by atoms with Crippen LogP contribution >= 0.6 is 0 Å². The predicted molar refractivity (Wildman–Crippen MR) is 102 cm³/mol. The Bertz CT molecular complexity index is 990. The van der Waals surface area contributed by atoms with Crippen molar-refractivity contribution in [1.29, 1.82) is 0 Å². The van der Waals surface area contributed by atoms with Crippen LogP contribution in [0.25, 0.3) is 0 Å². The first-order chi connectivity index (χ1) is 13.3. The number of nitro benzene ring substituents is 1. The van der Waals surface area contributed by atoms with Gasteiger partial charge in [-0.1, -0.05) is 0 Å². The first kappa shape index (κ1) is 21.0. The molecule has 0 spiro atoms. The Morgan fingerprint density at radius 2 is 1.79 bits per heavy atom. The molecule has 0 fully saturated rings. The van der Waals surface area contributed by atoms with Gasteiger partial charge in [0.15, 0.2) is 17.2 Å². The normalized spacial score (nSPS) is 11.2. The summed E-state index contributed by atoms with van der Waals surface area (Å²) < 4.78 is 40.0. The van der Waals surface area contributed by atoms with E-state index in [-0.39, 0.29) is 28.7 Å². The average Bonchev–Trinajstić information content (AvgIpc) is 2.68. The molecule has 0 aliphatic carbocycles. The number of rotatable bonds is 9. The van der Waals surface area contributed by atoms with Crippen molar-refractivity contribution in [3.05, 3.63) is 52.1 Å². The smallest absolute Gasteiger partial charge is 0.311 e. The van der Waals surface area contributed by atoms with Crippen LogP contribution in [0.15, 0.2) is 46.4 Å². The quantitative estimate of drug-likeness (QED) is 0.382. The van der Waals surface area contributed by atoms with Crippen LogP contribution in [0.1, 0.15) is 12.5 Å². The highest BCUT2D eigenvalue weighted by Gasteiger charge is 2.17. The fourth-order valence-electron chi connectivity index (χ4n) is 2.24. The molecule has 0 heterocycles. The van der Waals surface area contributed by atoms with Crippen LogP contribution in [-0.4, -0.2) is 40.4 Å². The third kappa shape index (κ3) is 4.88. The van der Waals surface area contributed by atoms with Crippen molar-refractivity contribution in [3.63, 3.8) is 0 Å². The average molecular weight is 409 g/mol. The molecule has 2 aromatic carbocycles. The van der Waals surface area contributed by atoms with Gasteiger partial charge in [0.05, 0.1) is 36.9 Å². The molecule has 0 atom stereocenters. The van der Waals surface area contributed by atoms with E-state index in [1.165, 1.54) is 50.6 Å². The molecule has 1 N–H and O–H groups in total. The fourth-order valence-corrected chi connectivity index (χ4v) is 3.05. The zero-order valence-corrected chi connectivity index (χ0v) is 16.2. The van der Waals surface area contributed by atoms with Crippen molar-refractivity contribution in [1.82, 2.24) is 4.83 Å². The molecule has 28 heavy (non-hydrogen) atoms. The molecule has 10 nitrogen and oxygen atoms in total. The van der Waals surface area contributed by atoms with Gasteiger partial charge < -0.3 is 14.2 Å². The minimum atomic E-state index is -3.97. The highest BCUT2D eigenvalue weighted by molar-refractivity contribution is 7.89. The van der Waals surface area contributed by atoms with Crippen LogP contribution < -0.4 is 19.0 Å². The zero-order chi connectivity index (χ0) is 20.7. The molecule has 0 aliphatic rings. The summed E-state index contributed by atoms with van der Waals surface area (Å²) in [5, 5.41) is 14.8. The third-order valence-electron chi connectivity index (χ3n) is 3.53. The Hall–Kier alpha value is -3.34. The largest absolute Gasteiger partial charge is 0.493 e. The molecule has 0 aliphatic heterocycles. The van der Waals surface area contributed by atoms with E-state index in [9.17, 15) is 18.5 Å². The van der Waals surface area contributed by atoms with Crippen LogP contribution in [0.2, 0.25) is 0 Å². The van der Waals surface area contributed by atoms with Gasteiger partial charge in [0, 0.05) is 17.7 Å². The van der Waals surface area contributed by atoms with Crippen molar-refractivity contribution in [2.24, 2.45) is 5.10 Å². The van der Waals surface area contributed by atoms with Crippen LogP contribution in [0.3, 0.4) is 0 Å². The molecule has 11 heteroatoms. The Morgan fingerprint density at radius 1 is 1.11 bits per heavy atom. The Balaban J connectivity index is 2.21. The summed E-state index contributed by atoms with van der Waals surface area (Å²) in [5.41, 5.74) is 0.0821. The maximum Gasteiger partial charge on any atom is 0.311 e. The molecule has 2 rings (SSSR count). The van der Waals surface area contributed by atoms with Crippen LogP contribution in [-0.2, 0) is 10.0 Å². The summed E-state index contributed by atoms with van der Waals surface area (Å²) in [6.07, 6.45) is 1.15. The lowest BCUT2D eigenvalue weighted by molar-refractivity contribution is -0.385. The summed E-state index contributed by atoms with van der Waals surface area (Å²) in [5.74, 6) is 0.749. The molecule has 0 bridgehead atoms. The maximum absolute atomic E-state index is 12.4. The van der Waals surface area contributed by atoms with E-state index in [4.69, 9.17) is 14.2 Å². The van der Waals surface area contributed by atoms with Crippen molar-refractivity contribution < 1.29 is 27.6 Å². The van der Waals surface area contributed by atoms with Gasteiger partial charge in [-0.3, -0.25) is 10.1 Å². The number of hydrogen-bond acceptors (Lipinski definition) is 8. The molecule has 0 amide bonds. The Kier molecular flexibility index (Phi) is 6.77. The lowest BCUT2D eigenvalue weighted by Crippen LogP contribution is -2.18. The third-order valence-corrected chi connectivity index (χ3v) is 4.75. The molecule has 0 unspecified atom stereocenters. The number of nitrogens with zero attached hydrogens (tertiary/aromatic N) is 2.